The van der Waals surface area contributed by atoms with Crippen LogP contribution in [0.5, 0.6) is 0 Å². The molecule has 7 heteroatoms. The van der Waals surface area contributed by atoms with E-state index >= 15 is 0 Å². The van der Waals surface area contributed by atoms with Gasteiger partial charge in [0.15, 0.2) is 11.6 Å². The first-order chi connectivity index (χ1) is 11.5. The van der Waals surface area contributed by atoms with Gasteiger partial charge in [-0.15, -0.1) is 10.2 Å². The molecular formula is C17H16F2N4O. The quantitative estimate of drug-likeness (QED) is 0.846. The molecule has 2 aliphatic rings. The third-order valence-electron chi connectivity index (χ3n) is 5.28. The van der Waals surface area contributed by atoms with Crippen molar-refractivity contribution in [1.29, 1.82) is 5.26 Å². The molecule has 2 aromatic rings. The fourth-order valence-corrected chi connectivity index (χ4v) is 4.24. The second kappa shape index (κ2) is 5.26. The summed E-state index contributed by atoms with van der Waals surface area (Å²) in [5.74, 6) is -0.114. The van der Waals surface area contributed by atoms with Crippen LogP contribution in [-0.2, 0) is 5.41 Å². The van der Waals surface area contributed by atoms with Crippen LogP contribution >= 0.6 is 0 Å². The van der Waals surface area contributed by atoms with Gasteiger partial charge in [0.05, 0.1) is 17.0 Å². The highest BCUT2D eigenvalue weighted by Crippen LogP contribution is 2.51. The number of fused-ring (bicyclic) bond motifs is 1. The zero-order chi connectivity index (χ0) is 16.9. The summed E-state index contributed by atoms with van der Waals surface area (Å²) < 4.78 is 34.4. The molecule has 2 atom stereocenters. The molecule has 1 aromatic carbocycles. The van der Waals surface area contributed by atoms with Gasteiger partial charge in [-0.2, -0.15) is 5.26 Å². The number of hydrogen-bond acceptors (Lipinski definition) is 5. The van der Waals surface area contributed by atoms with E-state index in [4.69, 9.17) is 9.68 Å². The molecular weight excluding hydrogens is 314 g/mol. The summed E-state index contributed by atoms with van der Waals surface area (Å²) in [6.07, 6.45) is 2.88. The molecule has 1 saturated carbocycles. The number of nitriles is 1. The lowest BCUT2D eigenvalue weighted by atomic mass is 9.80. The maximum absolute atomic E-state index is 14.4. The van der Waals surface area contributed by atoms with E-state index in [1.54, 1.807) is 17.9 Å². The van der Waals surface area contributed by atoms with Crippen LogP contribution in [0.25, 0.3) is 0 Å². The van der Waals surface area contributed by atoms with Crippen molar-refractivity contribution in [3.05, 3.63) is 41.1 Å². The Morgan fingerprint density at radius 1 is 1.33 bits per heavy atom. The minimum Gasteiger partial charge on any atom is -0.425 e. The smallest absolute Gasteiger partial charge is 0.224 e. The Labute approximate surface area is 137 Å². The number of nitrogens with zero attached hydrogens (tertiary/aromatic N) is 4. The minimum atomic E-state index is -0.705. The maximum atomic E-state index is 14.4. The van der Waals surface area contributed by atoms with Crippen molar-refractivity contribution in [2.24, 2.45) is 5.92 Å². The van der Waals surface area contributed by atoms with Gasteiger partial charge < -0.3 is 9.32 Å². The Kier molecular flexibility index (Phi) is 3.30. The predicted octanol–water partition coefficient (Wildman–Crippen LogP) is 3.09. The van der Waals surface area contributed by atoms with E-state index < -0.39 is 11.6 Å². The van der Waals surface area contributed by atoms with Crippen LogP contribution in [0.4, 0.5) is 14.5 Å². The zero-order valence-corrected chi connectivity index (χ0v) is 13.2. The summed E-state index contributed by atoms with van der Waals surface area (Å²) in [7, 11) is 0. The van der Waals surface area contributed by atoms with Gasteiger partial charge in [0.2, 0.25) is 11.8 Å². The number of anilines is 1. The summed E-state index contributed by atoms with van der Waals surface area (Å²) in [5.41, 5.74) is -0.428. The number of rotatable bonds is 2. The molecule has 2 heterocycles. The zero-order valence-electron chi connectivity index (χ0n) is 13.2. The van der Waals surface area contributed by atoms with Crippen LogP contribution in [0.3, 0.4) is 0 Å². The molecule has 0 spiro atoms. The molecule has 24 heavy (non-hydrogen) atoms. The topological polar surface area (TPSA) is 66.0 Å². The average Bonchev–Trinajstić information content (AvgIpc) is 3.20. The van der Waals surface area contributed by atoms with Crippen molar-refractivity contribution in [3.8, 4) is 6.07 Å². The van der Waals surface area contributed by atoms with Gasteiger partial charge >= 0.3 is 0 Å². The number of aryl methyl sites for hydroxylation is 1. The van der Waals surface area contributed by atoms with E-state index in [1.165, 1.54) is 0 Å². The van der Waals surface area contributed by atoms with E-state index in [0.717, 1.165) is 31.4 Å². The lowest BCUT2D eigenvalue weighted by Crippen LogP contribution is -2.32. The second-order valence-corrected chi connectivity index (χ2v) is 6.65. The van der Waals surface area contributed by atoms with E-state index in [1.807, 2.05) is 0 Å². The fraction of sp³-hybridized carbons (Fsp3) is 0.471. The summed E-state index contributed by atoms with van der Waals surface area (Å²) in [6.45, 7) is 2.73. The number of benzene rings is 1. The molecule has 1 aliphatic carbocycles. The van der Waals surface area contributed by atoms with Crippen LogP contribution in [0.15, 0.2) is 16.5 Å². The molecule has 0 bridgehead atoms. The molecule has 1 aromatic heterocycles. The first-order valence-corrected chi connectivity index (χ1v) is 7.98. The molecule has 4 rings (SSSR count). The van der Waals surface area contributed by atoms with Gasteiger partial charge in [-0.05, 0) is 30.9 Å². The van der Waals surface area contributed by atoms with E-state index in [0.29, 0.717) is 24.9 Å². The molecule has 0 unspecified atom stereocenters. The Morgan fingerprint density at radius 2 is 2.08 bits per heavy atom. The van der Waals surface area contributed by atoms with Gasteiger partial charge in [0.1, 0.15) is 5.69 Å². The van der Waals surface area contributed by atoms with Crippen molar-refractivity contribution in [1.82, 2.24) is 10.2 Å². The van der Waals surface area contributed by atoms with Crippen molar-refractivity contribution >= 4 is 5.69 Å². The Balaban J connectivity index is 1.73. The minimum absolute atomic E-state index is 0.0182. The average molecular weight is 330 g/mol. The van der Waals surface area contributed by atoms with Crippen LogP contribution in [0, 0.1) is 35.8 Å². The Morgan fingerprint density at radius 3 is 2.71 bits per heavy atom. The summed E-state index contributed by atoms with van der Waals surface area (Å²) in [4.78, 5) is 1.72. The van der Waals surface area contributed by atoms with Gasteiger partial charge in [0, 0.05) is 20.0 Å². The maximum Gasteiger partial charge on any atom is 0.224 e. The highest BCUT2D eigenvalue weighted by Gasteiger charge is 2.54. The van der Waals surface area contributed by atoms with Crippen molar-refractivity contribution < 1.29 is 13.2 Å². The van der Waals surface area contributed by atoms with Crippen LogP contribution in [0.2, 0.25) is 0 Å². The molecule has 2 fully saturated rings. The monoisotopic (exact) mass is 330 g/mol. The first-order valence-electron chi connectivity index (χ1n) is 7.98. The molecule has 5 nitrogen and oxygen atoms in total. The molecule has 1 saturated heterocycles. The van der Waals surface area contributed by atoms with Gasteiger partial charge in [-0.25, -0.2) is 8.78 Å². The second-order valence-electron chi connectivity index (χ2n) is 6.65. The van der Waals surface area contributed by atoms with Gasteiger partial charge in [0.25, 0.3) is 0 Å². The Bertz CT molecular complexity index is 820. The lowest BCUT2D eigenvalue weighted by molar-refractivity contribution is 0.299. The summed E-state index contributed by atoms with van der Waals surface area (Å²) in [5, 5.41) is 17.0. The summed E-state index contributed by atoms with van der Waals surface area (Å²) >= 11 is 0. The van der Waals surface area contributed by atoms with Crippen LogP contribution in [0.1, 0.15) is 36.6 Å². The summed E-state index contributed by atoms with van der Waals surface area (Å²) in [6, 6.07) is 3.93. The normalized spacial score (nSPS) is 25.8. The molecule has 0 amide bonds. The lowest BCUT2D eigenvalue weighted by Gasteiger charge is -2.25. The van der Waals surface area contributed by atoms with Crippen LogP contribution < -0.4 is 4.90 Å². The van der Waals surface area contributed by atoms with Crippen molar-refractivity contribution in [2.45, 2.75) is 31.6 Å². The van der Waals surface area contributed by atoms with Crippen molar-refractivity contribution in [3.63, 3.8) is 0 Å². The standard InChI is InChI=1S/C17H16F2N4O/c1-10-21-22-16(24-10)17-4-2-3-12(17)8-23(9-17)15-13(18)5-11(7-20)6-14(15)19/h5-6,12H,2-4,8-9H2,1H3/t12-,17-/m0/s1. The SMILES string of the molecule is Cc1nnc([C@]23CCC[C@H]2CN(c2c(F)cc(C#N)cc2F)C3)o1. The highest BCUT2D eigenvalue weighted by molar-refractivity contribution is 5.55. The Hall–Kier alpha value is -2.49. The largest absolute Gasteiger partial charge is 0.425 e. The molecule has 0 radical (unpaired) electrons. The molecule has 1 aliphatic heterocycles. The van der Waals surface area contributed by atoms with Gasteiger partial charge in [-0.3, -0.25) is 0 Å². The molecule has 124 valence electrons. The van der Waals surface area contributed by atoms with Crippen LogP contribution in [-0.4, -0.2) is 23.3 Å². The number of hydrogen-bond donors (Lipinski definition) is 0. The van der Waals surface area contributed by atoms with E-state index in [-0.39, 0.29) is 22.6 Å². The third kappa shape index (κ3) is 2.09. The molecule has 0 N–H and O–H groups in total. The first kappa shape index (κ1) is 15.1. The number of halogens is 2. The highest BCUT2D eigenvalue weighted by atomic mass is 19.1. The third-order valence-corrected chi connectivity index (χ3v) is 5.28. The van der Waals surface area contributed by atoms with Crippen molar-refractivity contribution in [2.75, 3.05) is 18.0 Å². The van der Waals surface area contributed by atoms with Gasteiger partial charge in [-0.1, -0.05) is 6.42 Å². The predicted molar refractivity (Wildman–Crippen MR) is 81.3 cm³/mol. The fourth-order valence-electron chi connectivity index (χ4n) is 4.24. The number of aromatic nitrogens is 2. The van der Waals surface area contributed by atoms with E-state index in [2.05, 4.69) is 10.2 Å². The van der Waals surface area contributed by atoms with E-state index in [9.17, 15) is 8.78 Å².